The van der Waals surface area contributed by atoms with Crippen molar-refractivity contribution < 1.29 is 4.84 Å². The lowest BCUT2D eigenvalue weighted by Gasteiger charge is -1.97. The van der Waals surface area contributed by atoms with E-state index in [2.05, 4.69) is 34.9 Å². The summed E-state index contributed by atoms with van der Waals surface area (Å²) in [5.41, 5.74) is 3.46. The standard InChI is InChI=1S/C10H12N2O/c1-7-2-3-10-9(4-7)8(5-12-10)6-13-11/h2-5,12H,6,11H2,1H3. The maximum atomic E-state index is 5.03. The molecule has 0 saturated carbocycles. The number of aromatic nitrogens is 1. The number of fused-ring (bicyclic) bond motifs is 1. The molecule has 0 radical (unpaired) electrons. The normalized spacial score (nSPS) is 10.9. The fourth-order valence-electron chi connectivity index (χ4n) is 1.50. The Morgan fingerprint density at radius 2 is 2.31 bits per heavy atom. The zero-order valence-electron chi connectivity index (χ0n) is 7.50. The second-order valence-electron chi connectivity index (χ2n) is 3.17. The van der Waals surface area contributed by atoms with Crippen LogP contribution in [0.15, 0.2) is 24.4 Å². The Morgan fingerprint density at radius 1 is 1.46 bits per heavy atom. The van der Waals surface area contributed by atoms with Gasteiger partial charge in [0.25, 0.3) is 0 Å². The van der Waals surface area contributed by atoms with E-state index in [1.165, 1.54) is 10.9 Å². The van der Waals surface area contributed by atoms with E-state index in [1.807, 2.05) is 6.20 Å². The smallest absolute Gasteiger partial charge is 0.0950 e. The molecule has 1 heterocycles. The molecule has 0 atom stereocenters. The van der Waals surface area contributed by atoms with Crippen molar-refractivity contribution in [1.29, 1.82) is 0 Å². The maximum absolute atomic E-state index is 5.03. The summed E-state index contributed by atoms with van der Waals surface area (Å²) in [5, 5.41) is 1.19. The summed E-state index contributed by atoms with van der Waals surface area (Å²) in [5.74, 6) is 5.03. The van der Waals surface area contributed by atoms with Crippen LogP contribution in [0.5, 0.6) is 0 Å². The van der Waals surface area contributed by atoms with E-state index in [1.54, 1.807) is 0 Å². The number of nitrogens with two attached hydrogens (primary N) is 1. The van der Waals surface area contributed by atoms with Crippen LogP contribution >= 0.6 is 0 Å². The molecule has 0 fully saturated rings. The molecule has 0 aliphatic heterocycles. The maximum Gasteiger partial charge on any atom is 0.0950 e. The van der Waals surface area contributed by atoms with Crippen LogP contribution in [0, 0.1) is 6.92 Å². The molecule has 1 aromatic carbocycles. The molecular formula is C10H12N2O. The fourth-order valence-corrected chi connectivity index (χ4v) is 1.50. The highest BCUT2D eigenvalue weighted by atomic mass is 16.6. The first-order valence-electron chi connectivity index (χ1n) is 4.19. The minimum absolute atomic E-state index is 0.448. The average Bonchev–Trinajstić information content (AvgIpc) is 2.49. The minimum atomic E-state index is 0.448. The van der Waals surface area contributed by atoms with E-state index in [4.69, 9.17) is 5.90 Å². The quantitative estimate of drug-likeness (QED) is 0.686. The predicted octanol–water partition coefficient (Wildman–Crippen LogP) is 1.87. The Kier molecular flexibility index (Phi) is 2.04. The molecule has 3 N–H and O–H groups in total. The van der Waals surface area contributed by atoms with E-state index in [-0.39, 0.29) is 0 Å². The molecule has 0 spiro atoms. The largest absolute Gasteiger partial charge is 0.361 e. The van der Waals surface area contributed by atoms with Gasteiger partial charge in [0.05, 0.1) is 6.61 Å². The molecular weight excluding hydrogens is 164 g/mol. The first kappa shape index (κ1) is 8.29. The Labute approximate surface area is 76.5 Å². The lowest BCUT2D eigenvalue weighted by molar-refractivity contribution is 0.125. The molecule has 0 bridgehead atoms. The number of H-pyrrole nitrogens is 1. The molecule has 2 rings (SSSR count). The fraction of sp³-hybridized carbons (Fsp3) is 0.200. The Balaban J connectivity index is 2.58. The van der Waals surface area contributed by atoms with Gasteiger partial charge in [-0.1, -0.05) is 11.6 Å². The van der Waals surface area contributed by atoms with Crippen LogP contribution in [-0.4, -0.2) is 4.98 Å². The number of hydrogen-bond acceptors (Lipinski definition) is 2. The number of hydrogen-bond donors (Lipinski definition) is 2. The van der Waals surface area contributed by atoms with Crippen LogP contribution in [0.1, 0.15) is 11.1 Å². The monoisotopic (exact) mass is 176 g/mol. The third kappa shape index (κ3) is 1.43. The number of aromatic amines is 1. The van der Waals surface area contributed by atoms with Crippen molar-refractivity contribution in [2.45, 2.75) is 13.5 Å². The van der Waals surface area contributed by atoms with Crippen molar-refractivity contribution in [3.05, 3.63) is 35.5 Å². The zero-order valence-corrected chi connectivity index (χ0v) is 7.50. The first-order valence-corrected chi connectivity index (χ1v) is 4.19. The van der Waals surface area contributed by atoms with E-state index >= 15 is 0 Å². The molecule has 68 valence electrons. The van der Waals surface area contributed by atoms with Gasteiger partial charge in [-0.15, -0.1) is 0 Å². The van der Waals surface area contributed by atoms with Gasteiger partial charge in [0.2, 0.25) is 0 Å². The van der Waals surface area contributed by atoms with Crippen LogP contribution in [0.25, 0.3) is 10.9 Å². The molecule has 0 saturated heterocycles. The first-order chi connectivity index (χ1) is 6.31. The summed E-state index contributed by atoms with van der Waals surface area (Å²) >= 11 is 0. The Morgan fingerprint density at radius 3 is 3.08 bits per heavy atom. The molecule has 3 nitrogen and oxygen atoms in total. The highest BCUT2D eigenvalue weighted by molar-refractivity contribution is 5.83. The highest BCUT2D eigenvalue weighted by Crippen LogP contribution is 2.19. The van der Waals surface area contributed by atoms with Gasteiger partial charge in [-0.3, -0.25) is 4.84 Å². The van der Waals surface area contributed by atoms with Gasteiger partial charge in [-0.25, -0.2) is 5.90 Å². The number of nitrogens with one attached hydrogen (secondary N) is 1. The lowest BCUT2D eigenvalue weighted by Crippen LogP contribution is -1.97. The Hall–Kier alpha value is -1.32. The summed E-state index contributed by atoms with van der Waals surface area (Å²) in [4.78, 5) is 7.78. The van der Waals surface area contributed by atoms with Crippen molar-refractivity contribution in [3.63, 3.8) is 0 Å². The van der Waals surface area contributed by atoms with Crippen molar-refractivity contribution in [2.75, 3.05) is 0 Å². The van der Waals surface area contributed by atoms with Gasteiger partial charge >= 0.3 is 0 Å². The minimum Gasteiger partial charge on any atom is -0.361 e. The second-order valence-corrected chi connectivity index (χ2v) is 3.17. The van der Waals surface area contributed by atoms with Crippen LogP contribution in [-0.2, 0) is 11.4 Å². The van der Waals surface area contributed by atoms with Gasteiger partial charge in [0.1, 0.15) is 0 Å². The molecule has 1 aromatic heterocycles. The van der Waals surface area contributed by atoms with Crippen LogP contribution in [0.3, 0.4) is 0 Å². The molecule has 13 heavy (non-hydrogen) atoms. The van der Waals surface area contributed by atoms with Crippen molar-refractivity contribution in [2.24, 2.45) is 5.90 Å². The van der Waals surface area contributed by atoms with Crippen molar-refractivity contribution >= 4 is 10.9 Å². The number of benzene rings is 1. The van der Waals surface area contributed by atoms with Gasteiger partial charge in [-0.05, 0) is 19.1 Å². The zero-order chi connectivity index (χ0) is 9.26. The topological polar surface area (TPSA) is 51.0 Å². The summed E-state index contributed by atoms with van der Waals surface area (Å²) in [6.45, 7) is 2.52. The Bertz CT molecular complexity index is 420. The van der Waals surface area contributed by atoms with Crippen LogP contribution in [0.4, 0.5) is 0 Å². The van der Waals surface area contributed by atoms with Gasteiger partial charge in [0, 0.05) is 22.7 Å². The summed E-state index contributed by atoms with van der Waals surface area (Å²) in [6.07, 6.45) is 1.93. The molecule has 0 amide bonds. The second kappa shape index (κ2) is 3.20. The van der Waals surface area contributed by atoms with Crippen LogP contribution < -0.4 is 5.90 Å². The van der Waals surface area contributed by atoms with Crippen LogP contribution in [0.2, 0.25) is 0 Å². The highest BCUT2D eigenvalue weighted by Gasteiger charge is 2.02. The summed E-state index contributed by atoms with van der Waals surface area (Å²) < 4.78 is 0. The van der Waals surface area contributed by atoms with E-state index in [0.29, 0.717) is 6.61 Å². The van der Waals surface area contributed by atoms with Crippen molar-refractivity contribution in [3.8, 4) is 0 Å². The van der Waals surface area contributed by atoms with Crippen molar-refractivity contribution in [1.82, 2.24) is 4.98 Å². The third-order valence-corrected chi connectivity index (χ3v) is 2.16. The molecule has 2 aromatic rings. The SMILES string of the molecule is Cc1ccc2[nH]cc(CON)c2c1. The summed E-state index contributed by atoms with van der Waals surface area (Å²) in [6, 6.07) is 6.26. The number of aryl methyl sites for hydroxylation is 1. The average molecular weight is 176 g/mol. The lowest BCUT2D eigenvalue weighted by atomic mass is 10.1. The summed E-state index contributed by atoms with van der Waals surface area (Å²) in [7, 11) is 0. The molecule has 0 unspecified atom stereocenters. The molecule has 0 aliphatic rings. The van der Waals surface area contributed by atoms with E-state index < -0.39 is 0 Å². The third-order valence-electron chi connectivity index (χ3n) is 2.16. The van der Waals surface area contributed by atoms with Gasteiger partial charge in [0.15, 0.2) is 0 Å². The predicted molar refractivity (Wildman–Crippen MR) is 52.0 cm³/mol. The van der Waals surface area contributed by atoms with Gasteiger partial charge in [-0.2, -0.15) is 0 Å². The molecule has 0 aliphatic carbocycles. The number of rotatable bonds is 2. The van der Waals surface area contributed by atoms with E-state index in [0.717, 1.165) is 11.1 Å². The van der Waals surface area contributed by atoms with E-state index in [9.17, 15) is 0 Å². The molecule has 3 heteroatoms. The van der Waals surface area contributed by atoms with Gasteiger partial charge < -0.3 is 4.98 Å².